The molecule has 4 heteroatoms. The molecule has 0 saturated carbocycles. The van der Waals surface area contributed by atoms with Gasteiger partial charge in [0.05, 0.1) is 0 Å². The second kappa shape index (κ2) is 5.72. The molecule has 0 spiro atoms. The van der Waals surface area contributed by atoms with Crippen LogP contribution in [0.25, 0.3) is 0 Å². The predicted octanol–water partition coefficient (Wildman–Crippen LogP) is 4.77. The van der Waals surface area contributed by atoms with Gasteiger partial charge in [-0.15, -0.1) is 0 Å². The summed E-state index contributed by atoms with van der Waals surface area (Å²) in [5, 5.41) is 1.34. The molecule has 0 unspecified atom stereocenters. The zero-order valence-electron chi connectivity index (χ0n) is 10.8. The second-order valence-corrected chi connectivity index (χ2v) is 5.37. The highest BCUT2D eigenvalue weighted by atomic mass is 35.5. The zero-order chi connectivity index (χ0) is 14.0. The van der Waals surface area contributed by atoms with E-state index >= 15 is 0 Å². The number of halogens is 2. The third-order valence-corrected chi connectivity index (χ3v) is 3.36. The van der Waals surface area contributed by atoms with E-state index in [9.17, 15) is 0 Å². The highest BCUT2D eigenvalue weighted by molar-refractivity contribution is 6.31. The van der Waals surface area contributed by atoms with Crippen LogP contribution in [0.5, 0.6) is 5.75 Å². The van der Waals surface area contributed by atoms with Crippen LogP contribution in [-0.4, -0.2) is 0 Å². The van der Waals surface area contributed by atoms with Crippen molar-refractivity contribution in [1.29, 1.82) is 0 Å². The maximum absolute atomic E-state index is 5.99. The summed E-state index contributed by atoms with van der Waals surface area (Å²) in [7, 11) is 0. The molecule has 2 rings (SSSR count). The van der Waals surface area contributed by atoms with Gasteiger partial charge in [-0.2, -0.15) is 0 Å². The molecule has 0 heterocycles. The van der Waals surface area contributed by atoms with Crippen molar-refractivity contribution in [2.75, 3.05) is 5.73 Å². The Kier molecular flexibility index (Phi) is 4.23. The monoisotopic (exact) mass is 295 g/mol. The highest BCUT2D eigenvalue weighted by Crippen LogP contribution is 2.28. The lowest BCUT2D eigenvalue weighted by Gasteiger charge is -2.13. The van der Waals surface area contributed by atoms with Gasteiger partial charge >= 0.3 is 0 Å². The molecule has 0 aliphatic carbocycles. The Morgan fingerprint density at radius 1 is 1.00 bits per heavy atom. The van der Waals surface area contributed by atoms with Crippen molar-refractivity contribution in [1.82, 2.24) is 0 Å². The summed E-state index contributed by atoms with van der Waals surface area (Å²) in [4.78, 5) is 0. The standard InChI is InChI=1S/C15H15Cl2NO/c1-9-5-13(17)6-10(2)15(9)19-8-11-3-4-12(16)7-14(11)18/h3-7H,8,18H2,1-2H3. The van der Waals surface area contributed by atoms with Gasteiger partial charge in [0.1, 0.15) is 12.4 Å². The Balaban J connectivity index is 2.19. The molecule has 0 atom stereocenters. The third-order valence-electron chi connectivity index (χ3n) is 2.91. The minimum absolute atomic E-state index is 0.409. The van der Waals surface area contributed by atoms with E-state index in [0.717, 1.165) is 22.4 Å². The van der Waals surface area contributed by atoms with Crippen LogP contribution in [0.2, 0.25) is 10.0 Å². The van der Waals surface area contributed by atoms with Crippen LogP contribution in [0.3, 0.4) is 0 Å². The van der Waals surface area contributed by atoms with Crippen molar-refractivity contribution < 1.29 is 4.74 Å². The number of nitrogens with two attached hydrogens (primary N) is 1. The number of aryl methyl sites for hydroxylation is 2. The predicted molar refractivity (Wildman–Crippen MR) is 81.1 cm³/mol. The average Bonchev–Trinajstić information content (AvgIpc) is 2.30. The summed E-state index contributed by atoms with van der Waals surface area (Å²) in [5.74, 6) is 0.846. The van der Waals surface area contributed by atoms with Crippen LogP contribution >= 0.6 is 23.2 Å². The van der Waals surface area contributed by atoms with E-state index in [1.54, 1.807) is 12.1 Å². The summed E-state index contributed by atoms with van der Waals surface area (Å²) in [5.41, 5.74) is 9.47. The molecule has 0 bridgehead atoms. The fourth-order valence-electron chi connectivity index (χ4n) is 1.97. The fourth-order valence-corrected chi connectivity index (χ4v) is 2.48. The van der Waals surface area contributed by atoms with Gasteiger partial charge < -0.3 is 10.5 Å². The first-order chi connectivity index (χ1) is 8.97. The van der Waals surface area contributed by atoms with E-state index in [4.69, 9.17) is 33.7 Å². The zero-order valence-corrected chi connectivity index (χ0v) is 12.3. The molecule has 0 aromatic heterocycles. The van der Waals surface area contributed by atoms with Crippen molar-refractivity contribution in [3.8, 4) is 5.75 Å². The van der Waals surface area contributed by atoms with Crippen LogP contribution in [-0.2, 0) is 6.61 Å². The summed E-state index contributed by atoms with van der Waals surface area (Å²) in [6.45, 7) is 4.35. The van der Waals surface area contributed by atoms with Crippen LogP contribution in [0.4, 0.5) is 5.69 Å². The molecule has 0 amide bonds. The Bertz CT molecular complexity index is 588. The average molecular weight is 296 g/mol. The minimum Gasteiger partial charge on any atom is -0.488 e. The lowest BCUT2D eigenvalue weighted by atomic mass is 10.1. The van der Waals surface area contributed by atoms with Gasteiger partial charge in [-0.1, -0.05) is 29.3 Å². The first kappa shape index (κ1) is 14.0. The molecule has 0 saturated heterocycles. The Morgan fingerprint density at radius 3 is 2.21 bits per heavy atom. The van der Waals surface area contributed by atoms with E-state index < -0.39 is 0 Å². The number of anilines is 1. The van der Waals surface area contributed by atoms with Gasteiger partial charge in [0, 0.05) is 21.3 Å². The van der Waals surface area contributed by atoms with Crippen LogP contribution in [0.15, 0.2) is 30.3 Å². The normalized spacial score (nSPS) is 10.5. The fraction of sp³-hybridized carbons (Fsp3) is 0.200. The van der Waals surface area contributed by atoms with Crippen LogP contribution < -0.4 is 10.5 Å². The highest BCUT2D eigenvalue weighted by Gasteiger charge is 2.07. The van der Waals surface area contributed by atoms with Gasteiger partial charge in [-0.05, 0) is 49.2 Å². The molecule has 0 aliphatic heterocycles. The molecule has 100 valence electrons. The number of hydrogen-bond acceptors (Lipinski definition) is 2. The maximum Gasteiger partial charge on any atom is 0.125 e. The summed E-state index contributed by atoms with van der Waals surface area (Å²) < 4.78 is 5.85. The van der Waals surface area contributed by atoms with Gasteiger partial charge in [0.2, 0.25) is 0 Å². The van der Waals surface area contributed by atoms with Gasteiger partial charge in [0.15, 0.2) is 0 Å². The molecule has 2 N–H and O–H groups in total. The first-order valence-corrected chi connectivity index (χ1v) is 6.66. The Labute approximate surface area is 123 Å². The van der Waals surface area contributed by atoms with E-state index in [1.807, 2.05) is 32.0 Å². The third kappa shape index (κ3) is 3.34. The number of ether oxygens (including phenoxy) is 1. The van der Waals surface area contributed by atoms with Crippen molar-refractivity contribution in [3.63, 3.8) is 0 Å². The van der Waals surface area contributed by atoms with Gasteiger partial charge in [0.25, 0.3) is 0 Å². The minimum atomic E-state index is 0.409. The smallest absolute Gasteiger partial charge is 0.125 e. The topological polar surface area (TPSA) is 35.2 Å². The molecule has 2 aromatic carbocycles. The number of nitrogen functional groups attached to an aromatic ring is 1. The largest absolute Gasteiger partial charge is 0.488 e. The number of rotatable bonds is 3. The van der Waals surface area contributed by atoms with Gasteiger partial charge in [-0.25, -0.2) is 0 Å². The second-order valence-electron chi connectivity index (χ2n) is 4.50. The number of hydrogen-bond donors (Lipinski definition) is 1. The maximum atomic E-state index is 5.99. The van der Waals surface area contributed by atoms with E-state index in [1.165, 1.54) is 0 Å². The van der Waals surface area contributed by atoms with Crippen molar-refractivity contribution in [2.24, 2.45) is 0 Å². The number of benzene rings is 2. The Hall–Kier alpha value is -1.38. The molecule has 0 radical (unpaired) electrons. The van der Waals surface area contributed by atoms with E-state index in [2.05, 4.69) is 0 Å². The molecule has 19 heavy (non-hydrogen) atoms. The lowest BCUT2D eigenvalue weighted by molar-refractivity contribution is 0.302. The SMILES string of the molecule is Cc1cc(Cl)cc(C)c1OCc1ccc(Cl)cc1N. The lowest BCUT2D eigenvalue weighted by Crippen LogP contribution is -2.02. The molecule has 0 fully saturated rings. The summed E-state index contributed by atoms with van der Waals surface area (Å²) in [6, 6.07) is 9.17. The molecule has 2 nitrogen and oxygen atoms in total. The summed E-state index contributed by atoms with van der Waals surface area (Å²) >= 11 is 11.9. The van der Waals surface area contributed by atoms with Crippen molar-refractivity contribution in [3.05, 3.63) is 57.1 Å². The van der Waals surface area contributed by atoms with Gasteiger partial charge in [-0.3, -0.25) is 0 Å². The van der Waals surface area contributed by atoms with E-state index in [-0.39, 0.29) is 0 Å². The van der Waals surface area contributed by atoms with Crippen molar-refractivity contribution in [2.45, 2.75) is 20.5 Å². The van der Waals surface area contributed by atoms with Crippen LogP contribution in [0, 0.1) is 13.8 Å². The quantitative estimate of drug-likeness (QED) is 0.828. The van der Waals surface area contributed by atoms with Crippen molar-refractivity contribution >= 4 is 28.9 Å². The van der Waals surface area contributed by atoms with E-state index in [0.29, 0.717) is 22.3 Å². The molecular formula is C15H15Cl2NO. The Morgan fingerprint density at radius 2 is 1.63 bits per heavy atom. The molecular weight excluding hydrogens is 281 g/mol. The molecule has 0 aliphatic rings. The first-order valence-electron chi connectivity index (χ1n) is 5.91. The summed E-state index contributed by atoms with van der Waals surface area (Å²) in [6.07, 6.45) is 0. The van der Waals surface area contributed by atoms with Crippen LogP contribution in [0.1, 0.15) is 16.7 Å². The molecule has 2 aromatic rings.